The van der Waals surface area contributed by atoms with Crippen LogP contribution in [0.15, 0.2) is 30.2 Å². The van der Waals surface area contributed by atoms with E-state index in [0.717, 1.165) is 44.1 Å². The lowest BCUT2D eigenvalue weighted by Gasteiger charge is -2.27. The molecular weight excluding hydrogens is 340 g/mol. The average Bonchev–Trinajstić information content (AvgIpc) is 2.75. The van der Waals surface area contributed by atoms with Gasteiger partial charge in [-0.25, -0.2) is 17.6 Å². The van der Waals surface area contributed by atoms with Crippen molar-refractivity contribution in [2.75, 3.05) is 0 Å². The maximum atomic E-state index is 14.9. The van der Waals surface area contributed by atoms with Gasteiger partial charge in [0, 0.05) is 0 Å². The summed E-state index contributed by atoms with van der Waals surface area (Å²) in [6.07, 6.45) is 6.57. The van der Waals surface area contributed by atoms with Crippen molar-refractivity contribution >= 4 is 0 Å². The fourth-order valence-electron chi connectivity index (χ4n) is 3.71. The predicted octanol–water partition coefficient (Wildman–Crippen LogP) is 7.06. The molecule has 0 aromatic heterocycles. The summed E-state index contributed by atoms with van der Waals surface area (Å²) in [5, 5.41) is 0. The molecule has 0 amide bonds. The molecular formula is C22H24F4. The molecule has 0 unspecified atom stereocenters. The maximum absolute atomic E-state index is 14.9. The molecule has 0 nitrogen and oxygen atoms in total. The summed E-state index contributed by atoms with van der Waals surface area (Å²) in [5.41, 5.74) is -1.63. The summed E-state index contributed by atoms with van der Waals surface area (Å²) in [7, 11) is 0. The number of aryl methyl sites for hydroxylation is 1. The lowest BCUT2D eigenvalue weighted by molar-refractivity contribution is 0.258. The topological polar surface area (TPSA) is 0 Å². The van der Waals surface area contributed by atoms with Crippen molar-refractivity contribution in [2.45, 2.75) is 51.9 Å². The van der Waals surface area contributed by atoms with Crippen LogP contribution in [0.25, 0.3) is 11.1 Å². The minimum absolute atomic E-state index is 0.165. The van der Waals surface area contributed by atoms with Gasteiger partial charge in [0.1, 0.15) is 11.6 Å². The third kappa shape index (κ3) is 4.28. The van der Waals surface area contributed by atoms with Crippen molar-refractivity contribution in [1.29, 1.82) is 0 Å². The zero-order chi connectivity index (χ0) is 22.2. The van der Waals surface area contributed by atoms with E-state index in [2.05, 4.69) is 6.92 Å². The predicted molar refractivity (Wildman–Crippen MR) is 95.8 cm³/mol. The Morgan fingerprint density at radius 3 is 2.27 bits per heavy atom. The number of rotatable bonds is 5. The van der Waals surface area contributed by atoms with Crippen LogP contribution in [0.5, 0.6) is 0 Å². The normalized spacial score (nSPS) is 22.5. The Hall–Kier alpha value is -1.84. The van der Waals surface area contributed by atoms with Crippen molar-refractivity contribution in [3.63, 3.8) is 0 Å². The SMILES string of the molecule is [2H]c1c([2H])c(-c2c(F)cc(CCC3CCC(CC)CC3)c([2H])c2F)c([2H])c(F)c1F. The highest BCUT2D eigenvalue weighted by Crippen LogP contribution is 2.34. The zero-order valence-electron chi connectivity index (χ0n) is 18.7. The second-order valence-corrected chi connectivity index (χ2v) is 7.04. The van der Waals surface area contributed by atoms with Crippen molar-refractivity contribution in [2.24, 2.45) is 11.8 Å². The lowest BCUT2D eigenvalue weighted by Crippen LogP contribution is -2.14. The van der Waals surface area contributed by atoms with Crippen molar-refractivity contribution in [1.82, 2.24) is 0 Å². The smallest absolute Gasteiger partial charge is 0.159 e. The van der Waals surface area contributed by atoms with Gasteiger partial charge in [0.2, 0.25) is 0 Å². The van der Waals surface area contributed by atoms with Gasteiger partial charge in [-0.15, -0.1) is 0 Å². The van der Waals surface area contributed by atoms with Gasteiger partial charge in [-0.2, -0.15) is 0 Å². The average molecular weight is 368 g/mol. The third-order valence-electron chi connectivity index (χ3n) is 5.37. The fourth-order valence-corrected chi connectivity index (χ4v) is 3.71. The summed E-state index contributed by atoms with van der Waals surface area (Å²) in [4.78, 5) is 0. The Morgan fingerprint density at radius 1 is 0.885 bits per heavy atom. The van der Waals surface area contributed by atoms with Gasteiger partial charge in [0.05, 0.1) is 11.0 Å². The molecule has 0 aliphatic heterocycles. The minimum atomic E-state index is -1.75. The highest BCUT2D eigenvalue weighted by molar-refractivity contribution is 5.65. The van der Waals surface area contributed by atoms with E-state index in [0.29, 0.717) is 18.8 Å². The molecule has 26 heavy (non-hydrogen) atoms. The molecule has 0 atom stereocenters. The summed E-state index contributed by atoms with van der Waals surface area (Å²) < 4.78 is 88.1. The summed E-state index contributed by atoms with van der Waals surface area (Å²) >= 11 is 0. The maximum Gasteiger partial charge on any atom is 0.159 e. The van der Waals surface area contributed by atoms with Gasteiger partial charge in [-0.3, -0.25) is 0 Å². The molecule has 140 valence electrons. The number of benzene rings is 2. The van der Waals surface area contributed by atoms with Crippen molar-refractivity contribution in [3.05, 3.63) is 59.1 Å². The second-order valence-electron chi connectivity index (χ2n) is 7.04. The molecule has 0 radical (unpaired) electrons. The lowest BCUT2D eigenvalue weighted by atomic mass is 9.78. The number of halogens is 4. The van der Waals surface area contributed by atoms with Gasteiger partial charge >= 0.3 is 0 Å². The molecule has 1 aliphatic rings. The van der Waals surface area contributed by atoms with Crippen LogP contribution >= 0.6 is 0 Å². The third-order valence-corrected chi connectivity index (χ3v) is 5.37. The van der Waals surface area contributed by atoms with Crippen LogP contribution < -0.4 is 0 Å². The molecule has 2 aromatic rings. The molecule has 0 bridgehead atoms. The first-order chi connectivity index (χ1) is 14.2. The van der Waals surface area contributed by atoms with E-state index in [1.54, 1.807) is 0 Å². The van der Waals surface area contributed by atoms with Crippen LogP contribution in [0.1, 0.15) is 56.5 Å². The van der Waals surface area contributed by atoms with Gasteiger partial charge in [-0.05, 0) is 60.0 Å². The highest BCUT2D eigenvalue weighted by atomic mass is 19.2. The van der Waals surface area contributed by atoms with E-state index in [9.17, 15) is 17.6 Å². The molecule has 1 saturated carbocycles. The Balaban J connectivity index is 1.92. The Bertz CT molecular complexity index is 924. The standard InChI is InChI=1S/C22H24F4/c1-2-14-3-5-15(6-4-14)7-8-16-11-20(25)22(21(26)12-16)17-9-10-18(23)19(24)13-17/h9-15H,2-8H2,1H3/i9D,10D,11D,13D. The summed E-state index contributed by atoms with van der Waals surface area (Å²) in [6, 6.07) is -2.98. The number of hydrogen-bond donors (Lipinski definition) is 0. The first-order valence-electron chi connectivity index (χ1n) is 11.1. The fraction of sp³-hybridized carbons (Fsp3) is 0.455. The van der Waals surface area contributed by atoms with Crippen LogP contribution in [-0.4, -0.2) is 0 Å². The molecule has 2 aromatic carbocycles. The highest BCUT2D eigenvalue weighted by Gasteiger charge is 2.20. The van der Waals surface area contributed by atoms with E-state index in [-0.39, 0.29) is 5.56 Å². The quantitative estimate of drug-likeness (QED) is 0.496. The van der Waals surface area contributed by atoms with Crippen molar-refractivity contribution < 1.29 is 23.0 Å². The first kappa shape index (κ1) is 14.2. The molecule has 0 heterocycles. The van der Waals surface area contributed by atoms with Gasteiger partial charge in [0.15, 0.2) is 11.6 Å². The van der Waals surface area contributed by atoms with Crippen LogP contribution in [-0.2, 0) is 6.42 Å². The number of hydrogen-bond acceptors (Lipinski definition) is 0. The molecule has 1 fully saturated rings. The monoisotopic (exact) mass is 368 g/mol. The minimum Gasteiger partial charge on any atom is -0.206 e. The zero-order valence-corrected chi connectivity index (χ0v) is 14.7. The molecule has 0 spiro atoms. The summed E-state index contributed by atoms with van der Waals surface area (Å²) in [5.74, 6) is -4.76. The Labute approximate surface area is 157 Å². The first-order valence-corrected chi connectivity index (χ1v) is 9.09. The molecule has 4 heteroatoms. The molecule has 3 rings (SSSR count). The van der Waals surface area contributed by atoms with Gasteiger partial charge in [-0.1, -0.05) is 45.1 Å². The van der Waals surface area contributed by atoms with Gasteiger partial charge in [0.25, 0.3) is 0 Å². The van der Waals surface area contributed by atoms with E-state index in [4.69, 9.17) is 5.48 Å². The molecule has 1 aliphatic carbocycles. The second kappa shape index (κ2) is 8.24. The molecule has 0 N–H and O–H groups in total. The van der Waals surface area contributed by atoms with E-state index >= 15 is 0 Å². The Morgan fingerprint density at radius 2 is 1.58 bits per heavy atom. The van der Waals surface area contributed by atoms with E-state index in [1.165, 1.54) is 0 Å². The van der Waals surface area contributed by atoms with Crippen LogP contribution in [0.3, 0.4) is 0 Å². The van der Waals surface area contributed by atoms with Crippen LogP contribution in [0.2, 0.25) is 0 Å². The molecule has 0 saturated heterocycles. The summed E-state index contributed by atoms with van der Waals surface area (Å²) in [6.45, 7) is 2.17. The Kier molecular flexibility index (Phi) is 4.51. The van der Waals surface area contributed by atoms with E-state index < -0.39 is 58.6 Å². The van der Waals surface area contributed by atoms with E-state index in [1.807, 2.05) is 0 Å². The van der Waals surface area contributed by atoms with Crippen LogP contribution in [0, 0.1) is 35.1 Å². The van der Waals surface area contributed by atoms with Crippen molar-refractivity contribution in [3.8, 4) is 11.1 Å². The van der Waals surface area contributed by atoms with Crippen LogP contribution in [0.4, 0.5) is 17.6 Å². The van der Waals surface area contributed by atoms with Gasteiger partial charge < -0.3 is 0 Å². The largest absolute Gasteiger partial charge is 0.206 e.